The van der Waals surface area contributed by atoms with Crippen LogP contribution < -0.4 is 11.1 Å². The molecule has 6 heteroatoms. The molecule has 0 saturated carbocycles. The maximum atomic E-state index is 11.9. The first-order valence-electron chi connectivity index (χ1n) is 7.44. The minimum atomic E-state index is -1.07. The number of carbonyl (C=O) groups excluding carboxylic acids is 1. The minimum Gasteiger partial charge on any atom is -0.480 e. The highest BCUT2D eigenvalue weighted by molar-refractivity contribution is 5.86. The molecule has 1 amide bonds. The Bertz CT molecular complexity index is 603. The molecule has 0 aliphatic heterocycles. The molecule has 0 heterocycles. The fraction of sp³-hybridized carbons (Fsp3) is 0.529. The van der Waals surface area contributed by atoms with E-state index in [0.29, 0.717) is 5.69 Å². The summed E-state index contributed by atoms with van der Waals surface area (Å²) in [4.78, 5) is 23.1. The highest BCUT2D eigenvalue weighted by Crippen LogP contribution is 2.30. The average Bonchev–Trinajstić information content (AvgIpc) is 2.37. The van der Waals surface area contributed by atoms with E-state index in [9.17, 15) is 9.59 Å². The summed E-state index contributed by atoms with van der Waals surface area (Å²) in [6, 6.07) is 4.32. The predicted octanol–water partition coefficient (Wildman–Crippen LogP) is 3.03. The van der Waals surface area contributed by atoms with Crippen LogP contribution in [0, 0.1) is 6.92 Å². The third kappa shape index (κ3) is 4.96. The molecule has 1 rings (SSSR count). The van der Waals surface area contributed by atoms with Gasteiger partial charge in [-0.15, -0.1) is 0 Å². The quantitative estimate of drug-likeness (QED) is 0.791. The molecule has 0 aliphatic carbocycles. The Morgan fingerprint density at radius 3 is 2.26 bits per heavy atom. The molecule has 0 aliphatic rings. The number of hydrogen-bond donors (Lipinski definition) is 3. The number of aliphatic carboxylic acids is 1. The van der Waals surface area contributed by atoms with E-state index in [0.717, 1.165) is 11.1 Å². The fourth-order valence-corrected chi connectivity index (χ4v) is 2.06. The summed E-state index contributed by atoms with van der Waals surface area (Å²) >= 11 is 0. The van der Waals surface area contributed by atoms with Crippen molar-refractivity contribution in [2.75, 3.05) is 5.32 Å². The lowest BCUT2D eigenvalue weighted by molar-refractivity contribution is -0.140. The van der Waals surface area contributed by atoms with Gasteiger partial charge >= 0.3 is 12.1 Å². The van der Waals surface area contributed by atoms with Crippen molar-refractivity contribution in [1.82, 2.24) is 0 Å². The minimum absolute atomic E-state index is 0.557. The zero-order chi connectivity index (χ0) is 18.0. The number of anilines is 1. The van der Waals surface area contributed by atoms with E-state index >= 15 is 0 Å². The molecule has 0 fully saturated rings. The van der Waals surface area contributed by atoms with Gasteiger partial charge < -0.3 is 15.6 Å². The molecule has 1 unspecified atom stereocenters. The molecule has 4 N–H and O–H groups in total. The van der Waals surface area contributed by atoms with Crippen molar-refractivity contribution < 1.29 is 19.4 Å². The number of nitrogens with one attached hydrogen (secondary N) is 1. The van der Waals surface area contributed by atoms with Crippen LogP contribution in [0.15, 0.2) is 18.2 Å². The van der Waals surface area contributed by atoms with Gasteiger partial charge in [0, 0.05) is 11.1 Å². The number of aryl methyl sites for hydroxylation is 1. The summed E-state index contributed by atoms with van der Waals surface area (Å²) in [7, 11) is 0. The van der Waals surface area contributed by atoms with E-state index in [-0.39, 0.29) is 0 Å². The van der Waals surface area contributed by atoms with Crippen LogP contribution in [0.4, 0.5) is 10.5 Å². The number of nitrogens with two attached hydrogens (primary N) is 1. The Morgan fingerprint density at radius 1 is 1.22 bits per heavy atom. The Kier molecular flexibility index (Phi) is 5.43. The highest BCUT2D eigenvalue weighted by atomic mass is 16.6. The topological polar surface area (TPSA) is 102 Å². The molecule has 1 aromatic carbocycles. The van der Waals surface area contributed by atoms with E-state index in [2.05, 4.69) is 5.32 Å². The standard InChI is InChI=1S/C17H26N2O4/c1-10-7-8-11(17(5,6)13(18)14(20)21)9-12(10)19-15(22)23-16(2,3)4/h7-9,13H,18H2,1-6H3,(H,19,22)(H,20,21). The van der Waals surface area contributed by atoms with Crippen molar-refractivity contribution in [3.63, 3.8) is 0 Å². The predicted molar refractivity (Wildman–Crippen MR) is 89.7 cm³/mol. The molecule has 1 aromatic rings. The van der Waals surface area contributed by atoms with E-state index in [1.807, 2.05) is 19.1 Å². The molecule has 0 saturated heterocycles. The SMILES string of the molecule is Cc1ccc(C(C)(C)C(N)C(=O)O)cc1NC(=O)OC(C)(C)C. The summed E-state index contributed by atoms with van der Waals surface area (Å²) in [6.45, 7) is 10.7. The largest absolute Gasteiger partial charge is 0.480 e. The maximum Gasteiger partial charge on any atom is 0.412 e. The number of amides is 1. The Morgan fingerprint density at radius 2 is 1.78 bits per heavy atom. The first kappa shape index (κ1) is 19.0. The Balaban J connectivity index is 3.09. The molecule has 0 bridgehead atoms. The molecule has 128 valence electrons. The molecular formula is C17H26N2O4. The van der Waals surface area contributed by atoms with Crippen LogP contribution in [0.1, 0.15) is 45.7 Å². The van der Waals surface area contributed by atoms with Gasteiger partial charge in [0.05, 0.1) is 0 Å². The lowest BCUT2D eigenvalue weighted by Crippen LogP contribution is -2.46. The van der Waals surface area contributed by atoms with Crippen molar-refractivity contribution in [3.8, 4) is 0 Å². The molecule has 23 heavy (non-hydrogen) atoms. The number of carboxylic acids is 1. The van der Waals surface area contributed by atoms with Crippen molar-refractivity contribution in [2.45, 2.75) is 58.6 Å². The van der Waals surface area contributed by atoms with Crippen LogP contribution in [0.25, 0.3) is 0 Å². The molecule has 0 radical (unpaired) electrons. The van der Waals surface area contributed by atoms with Crippen molar-refractivity contribution in [2.24, 2.45) is 5.73 Å². The third-order valence-corrected chi connectivity index (χ3v) is 3.66. The van der Waals surface area contributed by atoms with Gasteiger partial charge in [-0.25, -0.2) is 4.79 Å². The average molecular weight is 322 g/mol. The van der Waals surface area contributed by atoms with E-state index in [1.54, 1.807) is 40.7 Å². The zero-order valence-corrected chi connectivity index (χ0v) is 14.6. The van der Waals surface area contributed by atoms with Gasteiger partial charge in [-0.05, 0) is 44.9 Å². The zero-order valence-electron chi connectivity index (χ0n) is 14.6. The van der Waals surface area contributed by atoms with Gasteiger partial charge in [0.2, 0.25) is 0 Å². The third-order valence-electron chi connectivity index (χ3n) is 3.66. The number of rotatable bonds is 4. The van der Waals surface area contributed by atoms with Crippen LogP contribution in [-0.4, -0.2) is 28.8 Å². The molecule has 0 aromatic heterocycles. The van der Waals surface area contributed by atoms with E-state index in [1.165, 1.54) is 0 Å². The number of carbonyl (C=O) groups is 2. The second kappa shape index (κ2) is 6.58. The van der Waals surface area contributed by atoms with Crippen molar-refractivity contribution >= 4 is 17.7 Å². The smallest absolute Gasteiger partial charge is 0.412 e. The fourth-order valence-electron chi connectivity index (χ4n) is 2.06. The molecular weight excluding hydrogens is 296 g/mol. The van der Waals surface area contributed by atoms with Gasteiger partial charge in [0.15, 0.2) is 0 Å². The number of benzene rings is 1. The van der Waals surface area contributed by atoms with Crippen LogP contribution in [0.5, 0.6) is 0 Å². The van der Waals surface area contributed by atoms with E-state index in [4.69, 9.17) is 15.6 Å². The first-order chi connectivity index (χ1) is 10.3. The second-order valence-corrected chi connectivity index (χ2v) is 7.19. The van der Waals surface area contributed by atoms with Crippen molar-refractivity contribution in [3.05, 3.63) is 29.3 Å². The normalized spacial score (nSPS) is 13.3. The van der Waals surface area contributed by atoms with Gasteiger partial charge in [0.25, 0.3) is 0 Å². The van der Waals surface area contributed by atoms with Gasteiger partial charge in [-0.3, -0.25) is 10.1 Å². The van der Waals surface area contributed by atoms with Crippen LogP contribution in [-0.2, 0) is 14.9 Å². The number of hydrogen-bond acceptors (Lipinski definition) is 4. The maximum absolute atomic E-state index is 11.9. The second-order valence-electron chi connectivity index (χ2n) is 7.19. The number of carboxylic acid groups (broad SMARTS) is 1. The van der Waals surface area contributed by atoms with Crippen LogP contribution >= 0.6 is 0 Å². The summed E-state index contributed by atoms with van der Waals surface area (Å²) in [5, 5.41) is 11.9. The summed E-state index contributed by atoms with van der Waals surface area (Å²) in [5.41, 5.74) is 6.55. The molecule has 0 spiro atoms. The Labute approximate surface area is 137 Å². The molecule has 1 atom stereocenters. The summed E-state index contributed by atoms with van der Waals surface area (Å²) < 4.78 is 5.24. The Hall–Kier alpha value is -2.08. The summed E-state index contributed by atoms with van der Waals surface area (Å²) in [5.74, 6) is -1.07. The van der Waals surface area contributed by atoms with Crippen LogP contribution in [0.2, 0.25) is 0 Å². The first-order valence-corrected chi connectivity index (χ1v) is 7.44. The summed E-state index contributed by atoms with van der Waals surface area (Å²) in [6.07, 6.45) is -0.557. The number of ether oxygens (including phenoxy) is 1. The molecule has 6 nitrogen and oxygen atoms in total. The van der Waals surface area contributed by atoms with Gasteiger partial charge in [0.1, 0.15) is 11.6 Å². The van der Waals surface area contributed by atoms with Gasteiger partial charge in [-0.2, -0.15) is 0 Å². The van der Waals surface area contributed by atoms with E-state index < -0.39 is 29.1 Å². The van der Waals surface area contributed by atoms with Gasteiger partial charge in [-0.1, -0.05) is 26.0 Å². The highest BCUT2D eigenvalue weighted by Gasteiger charge is 2.34. The van der Waals surface area contributed by atoms with Crippen molar-refractivity contribution in [1.29, 1.82) is 0 Å². The lowest BCUT2D eigenvalue weighted by Gasteiger charge is -2.30. The monoisotopic (exact) mass is 322 g/mol. The van der Waals surface area contributed by atoms with Crippen LogP contribution in [0.3, 0.4) is 0 Å². The lowest BCUT2D eigenvalue weighted by atomic mass is 9.77.